The minimum Gasteiger partial charge on any atom is -0.382 e. The summed E-state index contributed by atoms with van der Waals surface area (Å²) in [6.07, 6.45) is -0.00522. The summed E-state index contributed by atoms with van der Waals surface area (Å²) in [4.78, 5) is 37.1. The van der Waals surface area contributed by atoms with Crippen LogP contribution in [0.5, 0.6) is 0 Å². The van der Waals surface area contributed by atoms with Crippen molar-refractivity contribution in [2.24, 2.45) is 0 Å². The molecule has 1 aromatic carbocycles. The Kier molecular flexibility index (Phi) is 5.23. The smallest absolute Gasteiger partial charge is 0.325 e. The number of nitrogens with zero attached hydrogens (tertiary/aromatic N) is 1. The molecule has 0 radical (unpaired) electrons. The minimum absolute atomic E-state index is 0.00360. The maximum atomic E-state index is 12.3. The lowest BCUT2D eigenvalue weighted by Gasteiger charge is -2.20. The van der Waals surface area contributed by atoms with Crippen LogP contribution >= 0.6 is 11.6 Å². The first kappa shape index (κ1) is 17.2. The van der Waals surface area contributed by atoms with Crippen LogP contribution in [0.4, 0.5) is 10.5 Å². The summed E-state index contributed by atoms with van der Waals surface area (Å²) < 4.78 is 4.96. The maximum absolute atomic E-state index is 12.3. The van der Waals surface area contributed by atoms with Gasteiger partial charge in [-0.05, 0) is 25.1 Å². The Morgan fingerprint density at radius 2 is 2.17 bits per heavy atom. The van der Waals surface area contributed by atoms with Gasteiger partial charge in [-0.3, -0.25) is 14.5 Å². The first-order valence-corrected chi connectivity index (χ1v) is 7.42. The van der Waals surface area contributed by atoms with E-state index in [1.165, 1.54) is 7.11 Å². The second-order valence-electron chi connectivity index (χ2n) is 5.46. The summed E-state index contributed by atoms with van der Waals surface area (Å²) in [5.74, 6) is -0.715. The second-order valence-corrected chi connectivity index (χ2v) is 5.90. The molecule has 1 unspecified atom stereocenters. The predicted molar refractivity (Wildman–Crippen MR) is 85.2 cm³/mol. The zero-order valence-electron chi connectivity index (χ0n) is 12.9. The van der Waals surface area contributed by atoms with Crippen LogP contribution in [-0.2, 0) is 14.3 Å². The number of benzene rings is 1. The average molecular weight is 340 g/mol. The number of nitrogens with one attached hydrogen (secondary N) is 2. The standard InChI is InChI=1S/C15H18ClN3O4/c1-15(9-23-2)13(21)19(14(22)18-15)7-6-12(20)17-11-5-3-4-10(16)8-11/h3-5,8H,6-7,9H2,1-2H3,(H,17,20)(H,18,22). The number of amides is 4. The van der Waals surface area contributed by atoms with Gasteiger partial charge in [0.2, 0.25) is 5.91 Å². The molecule has 1 heterocycles. The lowest BCUT2D eigenvalue weighted by Crippen LogP contribution is -2.48. The van der Waals surface area contributed by atoms with Crippen molar-refractivity contribution in [3.63, 3.8) is 0 Å². The predicted octanol–water partition coefficient (Wildman–Crippen LogP) is 1.63. The summed E-state index contributed by atoms with van der Waals surface area (Å²) in [6.45, 7) is 1.65. The molecule has 1 aromatic rings. The summed E-state index contributed by atoms with van der Waals surface area (Å²) in [6, 6.07) is 6.20. The highest BCUT2D eigenvalue weighted by molar-refractivity contribution is 6.30. The number of hydrogen-bond donors (Lipinski definition) is 2. The number of methoxy groups -OCH3 is 1. The minimum atomic E-state index is -1.09. The van der Waals surface area contributed by atoms with E-state index in [-0.39, 0.29) is 25.5 Å². The highest BCUT2D eigenvalue weighted by Gasteiger charge is 2.47. The monoisotopic (exact) mass is 339 g/mol. The molecule has 0 aromatic heterocycles. The van der Waals surface area contributed by atoms with E-state index in [0.29, 0.717) is 10.7 Å². The van der Waals surface area contributed by atoms with Gasteiger partial charge >= 0.3 is 6.03 Å². The zero-order chi connectivity index (χ0) is 17.0. The molecule has 0 aliphatic carbocycles. The van der Waals surface area contributed by atoms with Crippen LogP contribution in [0.15, 0.2) is 24.3 Å². The van der Waals surface area contributed by atoms with Gasteiger partial charge in [-0.2, -0.15) is 0 Å². The Balaban J connectivity index is 1.91. The lowest BCUT2D eigenvalue weighted by molar-refractivity contribution is -0.132. The molecule has 1 aliphatic heterocycles. The molecule has 2 rings (SSSR count). The summed E-state index contributed by atoms with van der Waals surface area (Å²) in [7, 11) is 1.45. The molecule has 7 nitrogen and oxygen atoms in total. The fourth-order valence-electron chi connectivity index (χ4n) is 2.34. The molecule has 0 spiro atoms. The first-order valence-electron chi connectivity index (χ1n) is 7.04. The van der Waals surface area contributed by atoms with E-state index in [0.717, 1.165) is 4.90 Å². The second kappa shape index (κ2) is 6.97. The Bertz CT molecular complexity index is 637. The van der Waals surface area contributed by atoms with Gasteiger partial charge in [-0.15, -0.1) is 0 Å². The van der Waals surface area contributed by atoms with Crippen LogP contribution in [0.25, 0.3) is 0 Å². The number of anilines is 1. The lowest BCUT2D eigenvalue weighted by atomic mass is 10.0. The Morgan fingerprint density at radius 1 is 1.43 bits per heavy atom. The van der Waals surface area contributed by atoms with Crippen molar-refractivity contribution in [2.75, 3.05) is 25.6 Å². The molecule has 1 aliphatic rings. The van der Waals surface area contributed by atoms with Crippen molar-refractivity contribution in [3.05, 3.63) is 29.3 Å². The van der Waals surface area contributed by atoms with E-state index in [9.17, 15) is 14.4 Å². The Hall–Kier alpha value is -2.12. The van der Waals surface area contributed by atoms with Gasteiger partial charge in [-0.25, -0.2) is 4.79 Å². The number of carbonyl (C=O) groups is 3. The van der Waals surface area contributed by atoms with Crippen molar-refractivity contribution in [1.29, 1.82) is 0 Å². The van der Waals surface area contributed by atoms with Crippen LogP contribution in [-0.4, -0.2) is 48.5 Å². The highest BCUT2D eigenvalue weighted by atomic mass is 35.5. The fourth-order valence-corrected chi connectivity index (χ4v) is 2.53. The normalized spacial score (nSPS) is 20.6. The van der Waals surface area contributed by atoms with Crippen LogP contribution in [0.3, 0.4) is 0 Å². The number of rotatable bonds is 6. The number of urea groups is 1. The van der Waals surface area contributed by atoms with Crippen molar-refractivity contribution in [3.8, 4) is 0 Å². The first-order chi connectivity index (χ1) is 10.9. The molecule has 0 bridgehead atoms. The number of ether oxygens (including phenoxy) is 1. The van der Waals surface area contributed by atoms with Gasteiger partial charge in [0.1, 0.15) is 5.54 Å². The molecular formula is C15H18ClN3O4. The van der Waals surface area contributed by atoms with Crippen LogP contribution in [0, 0.1) is 0 Å². The van der Waals surface area contributed by atoms with Crippen LogP contribution < -0.4 is 10.6 Å². The van der Waals surface area contributed by atoms with Crippen LogP contribution in [0.1, 0.15) is 13.3 Å². The molecule has 0 saturated carbocycles. The van der Waals surface area contributed by atoms with E-state index in [4.69, 9.17) is 16.3 Å². The molecule has 124 valence electrons. The third-order valence-corrected chi connectivity index (χ3v) is 3.68. The third kappa shape index (κ3) is 4.00. The fraction of sp³-hybridized carbons (Fsp3) is 0.400. The van der Waals surface area contributed by atoms with E-state index < -0.39 is 17.5 Å². The molecule has 1 saturated heterocycles. The number of carbonyl (C=O) groups excluding carboxylic acids is 3. The average Bonchev–Trinajstić information content (AvgIpc) is 2.67. The molecule has 1 atom stereocenters. The summed E-state index contributed by atoms with van der Waals surface area (Å²) >= 11 is 5.84. The Morgan fingerprint density at radius 3 is 2.83 bits per heavy atom. The third-order valence-electron chi connectivity index (χ3n) is 3.45. The van der Waals surface area contributed by atoms with Crippen molar-refractivity contribution in [1.82, 2.24) is 10.2 Å². The quantitative estimate of drug-likeness (QED) is 0.771. The Labute approximate surface area is 138 Å². The molecule has 4 amide bonds. The van der Waals surface area contributed by atoms with Gasteiger partial charge in [0.05, 0.1) is 6.61 Å². The number of halogens is 1. The van der Waals surface area contributed by atoms with E-state index in [1.54, 1.807) is 31.2 Å². The highest BCUT2D eigenvalue weighted by Crippen LogP contribution is 2.19. The van der Waals surface area contributed by atoms with Crippen LogP contribution in [0.2, 0.25) is 5.02 Å². The summed E-state index contributed by atoms with van der Waals surface area (Å²) in [5, 5.41) is 5.75. The zero-order valence-corrected chi connectivity index (χ0v) is 13.6. The molecular weight excluding hydrogens is 322 g/mol. The van der Waals surface area contributed by atoms with E-state index in [2.05, 4.69) is 10.6 Å². The molecule has 1 fully saturated rings. The van der Waals surface area contributed by atoms with Gasteiger partial charge in [0.15, 0.2) is 0 Å². The number of hydrogen-bond acceptors (Lipinski definition) is 4. The topological polar surface area (TPSA) is 87.7 Å². The SMILES string of the molecule is COCC1(C)NC(=O)N(CCC(=O)Nc2cccc(Cl)c2)C1=O. The maximum Gasteiger partial charge on any atom is 0.325 e. The molecule has 2 N–H and O–H groups in total. The van der Waals surface area contributed by atoms with E-state index >= 15 is 0 Å². The largest absolute Gasteiger partial charge is 0.382 e. The van der Waals surface area contributed by atoms with Crippen molar-refractivity contribution >= 4 is 35.1 Å². The van der Waals surface area contributed by atoms with Gasteiger partial charge in [0, 0.05) is 30.8 Å². The van der Waals surface area contributed by atoms with Gasteiger partial charge < -0.3 is 15.4 Å². The van der Waals surface area contributed by atoms with Crippen molar-refractivity contribution in [2.45, 2.75) is 18.9 Å². The van der Waals surface area contributed by atoms with Gasteiger partial charge in [-0.1, -0.05) is 17.7 Å². The molecule has 8 heteroatoms. The molecule has 23 heavy (non-hydrogen) atoms. The summed E-state index contributed by atoms with van der Waals surface area (Å²) in [5.41, 5.74) is -0.529. The number of imide groups is 1. The van der Waals surface area contributed by atoms with Gasteiger partial charge in [0.25, 0.3) is 5.91 Å². The van der Waals surface area contributed by atoms with E-state index in [1.807, 2.05) is 0 Å². The van der Waals surface area contributed by atoms with Crippen molar-refractivity contribution < 1.29 is 19.1 Å².